The van der Waals surface area contributed by atoms with Gasteiger partial charge in [-0.15, -0.1) is 0 Å². The van der Waals surface area contributed by atoms with E-state index >= 15 is 0 Å². The maximum absolute atomic E-state index is 12.9. The van der Waals surface area contributed by atoms with Gasteiger partial charge in [-0.2, -0.15) is 0 Å². The van der Waals surface area contributed by atoms with E-state index in [9.17, 15) is 18.0 Å². The lowest BCUT2D eigenvalue weighted by Crippen LogP contribution is -2.39. The minimum absolute atomic E-state index is 0.116. The molecular weight excluding hydrogens is 382 g/mol. The molecule has 1 unspecified atom stereocenters. The summed E-state index contributed by atoms with van der Waals surface area (Å²) in [5, 5.41) is 0. The van der Waals surface area contributed by atoms with E-state index in [1.165, 1.54) is 7.05 Å². The van der Waals surface area contributed by atoms with Gasteiger partial charge in [0.15, 0.2) is 0 Å². The Hall–Kier alpha value is -2.13. The van der Waals surface area contributed by atoms with Crippen LogP contribution in [0.15, 0.2) is 24.3 Å². The van der Waals surface area contributed by atoms with Crippen LogP contribution in [0.1, 0.15) is 23.2 Å². The molecular formula is C19H27N3O5S. The number of carbonyl (C=O) groups excluding carboxylic acids is 2. The van der Waals surface area contributed by atoms with E-state index in [2.05, 4.69) is 0 Å². The largest absolute Gasteiger partial charge is 0.383 e. The smallest absolute Gasteiger partial charge is 0.253 e. The van der Waals surface area contributed by atoms with E-state index < -0.39 is 15.4 Å². The zero-order valence-electron chi connectivity index (χ0n) is 16.6. The molecule has 2 saturated heterocycles. The van der Waals surface area contributed by atoms with Gasteiger partial charge >= 0.3 is 0 Å². The molecule has 1 atom stereocenters. The molecule has 2 aliphatic heterocycles. The van der Waals surface area contributed by atoms with Gasteiger partial charge < -0.3 is 14.5 Å². The number of amides is 2. The van der Waals surface area contributed by atoms with Crippen molar-refractivity contribution in [1.82, 2.24) is 9.80 Å². The van der Waals surface area contributed by atoms with Gasteiger partial charge in [0.1, 0.15) is 0 Å². The fourth-order valence-electron chi connectivity index (χ4n) is 3.92. The number of nitrogens with zero attached hydrogens (tertiary/aromatic N) is 3. The maximum Gasteiger partial charge on any atom is 0.253 e. The number of carbonyl (C=O) groups is 2. The molecule has 0 radical (unpaired) electrons. The number of anilines is 1. The van der Waals surface area contributed by atoms with E-state index in [0.717, 1.165) is 17.0 Å². The molecule has 2 fully saturated rings. The van der Waals surface area contributed by atoms with Gasteiger partial charge in [0, 0.05) is 45.9 Å². The van der Waals surface area contributed by atoms with Gasteiger partial charge in [0.25, 0.3) is 5.91 Å². The third-order valence-electron chi connectivity index (χ3n) is 5.78. The number of likely N-dealkylation sites (tertiary alicyclic amines) is 2. The summed E-state index contributed by atoms with van der Waals surface area (Å²) in [5.74, 6) is -0.0152. The van der Waals surface area contributed by atoms with E-state index in [1.807, 2.05) is 4.90 Å². The standard InChI is InChI=1S/C19H27N3O5S/c1-20(28(3,25)26)16-6-4-15(5-7-16)17(23)22-11-9-19(14-22)8-10-21(18(19)24)12-13-27-2/h4-7H,8-14H2,1-3H3. The van der Waals surface area contributed by atoms with Gasteiger partial charge in [0.05, 0.1) is 24.0 Å². The highest BCUT2D eigenvalue weighted by molar-refractivity contribution is 7.92. The number of hydrogen-bond donors (Lipinski definition) is 0. The van der Waals surface area contributed by atoms with Crippen LogP contribution in [0, 0.1) is 5.41 Å². The molecule has 1 spiro atoms. The van der Waals surface area contributed by atoms with Crippen LogP contribution >= 0.6 is 0 Å². The summed E-state index contributed by atoms with van der Waals surface area (Å²) in [4.78, 5) is 29.3. The molecule has 3 rings (SSSR count). The Balaban J connectivity index is 1.67. The number of hydrogen-bond acceptors (Lipinski definition) is 5. The second-order valence-corrected chi connectivity index (χ2v) is 9.58. The predicted octanol–water partition coefficient (Wildman–Crippen LogP) is 0.793. The summed E-state index contributed by atoms with van der Waals surface area (Å²) >= 11 is 0. The molecule has 28 heavy (non-hydrogen) atoms. The summed E-state index contributed by atoms with van der Waals surface area (Å²) in [6, 6.07) is 6.50. The van der Waals surface area contributed by atoms with Crippen molar-refractivity contribution < 1.29 is 22.7 Å². The van der Waals surface area contributed by atoms with Crippen LogP contribution in [0.5, 0.6) is 0 Å². The summed E-state index contributed by atoms with van der Waals surface area (Å²) in [6.45, 7) is 2.78. The molecule has 2 aliphatic rings. The van der Waals surface area contributed by atoms with Gasteiger partial charge in [-0.1, -0.05) is 0 Å². The van der Waals surface area contributed by atoms with Crippen LogP contribution in [0.25, 0.3) is 0 Å². The molecule has 9 heteroatoms. The predicted molar refractivity (Wildman–Crippen MR) is 106 cm³/mol. The number of methoxy groups -OCH3 is 1. The van der Waals surface area contributed by atoms with Gasteiger partial charge in [-0.3, -0.25) is 13.9 Å². The average Bonchev–Trinajstić information content (AvgIpc) is 3.24. The summed E-state index contributed by atoms with van der Waals surface area (Å²) in [5.41, 5.74) is 0.515. The highest BCUT2D eigenvalue weighted by Gasteiger charge is 2.51. The van der Waals surface area contributed by atoms with Crippen molar-refractivity contribution in [2.75, 3.05) is 57.5 Å². The highest BCUT2D eigenvalue weighted by atomic mass is 32.2. The van der Waals surface area contributed by atoms with Gasteiger partial charge in [0.2, 0.25) is 15.9 Å². The Kier molecular flexibility index (Phi) is 5.67. The molecule has 2 heterocycles. The minimum Gasteiger partial charge on any atom is -0.383 e. The topological polar surface area (TPSA) is 87.2 Å². The van der Waals surface area contributed by atoms with Gasteiger partial charge in [-0.05, 0) is 37.1 Å². The molecule has 0 bridgehead atoms. The van der Waals surface area contributed by atoms with Crippen LogP contribution in [0.3, 0.4) is 0 Å². The highest BCUT2D eigenvalue weighted by Crippen LogP contribution is 2.41. The van der Waals surface area contributed by atoms with Crippen molar-refractivity contribution in [2.24, 2.45) is 5.41 Å². The molecule has 0 saturated carbocycles. The minimum atomic E-state index is -3.35. The molecule has 1 aromatic carbocycles. The number of sulfonamides is 1. The quantitative estimate of drug-likeness (QED) is 0.693. The fourth-order valence-corrected chi connectivity index (χ4v) is 4.42. The Bertz CT molecular complexity index is 855. The summed E-state index contributed by atoms with van der Waals surface area (Å²) < 4.78 is 29.5. The van der Waals surface area contributed by atoms with Crippen molar-refractivity contribution in [3.05, 3.63) is 29.8 Å². The number of benzene rings is 1. The molecule has 154 valence electrons. The first-order valence-electron chi connectivity index (χ1n) is 9.29. The van der Waals surface area contributed by atoms with Crippen molar-refractivity contribution in [3.8, 4) is 0 Å². The second kappa shape index (κ2) is 7.71. The third-order valence-corrected chi connectivity index (χ3v) is 6.99. The SMILES string of the molecule is COCCN1CCC2(CCN(C(=O)c3ccc(N(C)S(C)(=O)=O)cc3)C2)C1=O. The average molecular weight is 410 g/mol. The third kappa shape index (κ3) is 3.86. The van der Waals surface area contributed by atoms with E-state index in [1.54, 1.807) is 36.3 Å². The van der Waals surface area contributed by atoms with Crippen LogP contribution in [-0.2, 0) is 19.6 Å². The second-order valence-electron chi connectivity index (χ2n) is 7.57. The van der Waals surface area contributed by atoms with Crippen molar-refractivity contribution >= 4 is 27.5 Å². The van der Waals surface area contributed by atoms with E-state index in [4.69, 9.17) is 4.74 Å². The first-order valence-corrected chi connectivity index (χ1v) is 11.1. The van der Waals surface area contributed by atoms with Crippen LogP contribution in [0.2, 0.25) is 0 Å². The first kappa shape index (κ1) is 20.6. The van der Waals surface area contributed by atoms with Crippen LogP contribution in [-0.4, -0.2) is 83.2 Å². The summed E-state index contributed by atoms with van der Waals surface area (Å²) in [7, 11) is -0.265. The Labute approximate surface area is 166 Å². The molecule has 1 aromatic rings. The molecule has 2 amide bonds. The zero-order chi connectivity index (χ0) is 20.5. The van der Waals surface area contributed by atoms with Crippen molar-refractivity contribution in [2.45, 2.75) is 12.8 Å². The van der Waals surface area contributed by atoms with Crippen LogP contribution in [0.4, 0.5) is 5.69 Å². The van der Waals surface area contributed by atoms with E-state index in [0.29, 0.717) is 50.5 Å². The molecule has 8 nitrogen and oxygen atoms in total. The normalized spacial score (nSPS) is 22.3. The van der Waals surface area contributed by atoms with Crippen LogP contribution < -0.4 is 4.31 Å². The molecule has 0 aromatic heterocycles. The molecule has 0 aliphatic carbocycles. The Morgan fingerprint density at radius 1 is 1.21 bits per heavy atom. The lowest BCUT2D eigenvalue weighted by Gasteiger charge is -2.24. The lowest BCUT2D eigenvalue weighted by molar-refractivity contribution is -0.135. The monoisotopic (exact) mass is 409 g/mol. The zero-order valence-corrected chi connectivity index (χ0v) is 17.4. The van der Waals surface area contributed by atoms with Crippen molar-refractivity contribution in [1.29, 1.82) is 0 Å². The number of ether oxygens (including phenoxy) is 1. The lowest BCUT2D eigenvalue weighted by atomic mass is 9.85. The Morgan fingerprint density at radius 3 is 2.46 bits per heavy atom. The van der Waals surface area contributed by atoms with Crippen molar-refractivity contribution in [3.63, 3.8) is 0 Å². The van der Waals surface area contributed by atoms with Gasteiger partial charge in [-0.25, -0.2) is 8.42 Å². The first-order chi connectivity index (χ1) is 13.2. The molecule has 0 N–H and O–H groups in total. The van der Waals surface area contributed by atoms with E-state index in [-0.39, 0.29) is 11.8 Å². The number of rotatable bonds is 6. The fraction of sp³-hybridized carbons (Fsp3) is 0.579. The Morgan fingerprint density at radius 2 is 1.86 bits per heavy atom. The summed E-state index contributed by atoms with van der Waals surface area (Å²) in [6.07, 6.45) is 2.57. The maximum atomic E-state index is 12.9.